The number of hydrazone groups is 1. The molecule has 0 unspecified atom stereocenters. The van der Waals surface area contributed by atoms with Gasteiger partial charge in [0.15, 0.2) is 0 Å². The van der Waals surface area contributed by atoms with Crippen molar-refractivity contribution in [3.8, 4) is 0 Å². The number of benzene rings is 1. The number of urea groups is 1. The topological polar surface area (TPSA) is 119 Å². The highest BCUT2D eigenvalue weighted by molar-refractivity contribution is 6.04. The first kappa shape index (κ1) is 19.7. The Morgan fingerprint density at radius 1 is 1.26 bits per heavy atom. The number of esters is 1. The normalized spacial score (nSPS) is 10.6. The van der Waals surface area contributed by atoms with E-state index in [0.717, 1.165) is 0 Å². The number of rotatable bonds is 6. The maximum Gasteiger partial charge on any atom is 0.332 e. The van der Waals surface area contributed by atoms with E-state index < -0.39 is 12.0 Å². The van der Waals surface area contributed by atoms with E-state index in [1.807, 2.05) is 0 Å². The van der Waals surface area contributed by atoms with Crippen molar-refractivity contribution in [2.45, 2.75) is 13.8 Å². The smallest absolute Gasteiger partial charge is 0.332 e. The molecule has 27 heavy (non-hydrogen) atoms. The van der Waals surface area contributed by atoms with Gasteiger partial charge in [-0.05, 0) is 32.0 Å². The molecular formula is C18H21N5O4. The Kier molecular flexibility index (Phi) is 6.32. The van der Waals surface area contributed by atoms with Crippen LogP contribution in [0.15, 0.2) is 41.5 Å². The summed E-state index contributed by atoms with van der Waals surface area (Å²) in [6.07, 6.45) is 1.41. The number of hydrogen-bond acceptors (Lipinski definition) is 5. The molecule has 1 aromatic carbocycles. The van der Waals surface area contributed by atoms with Crippen LogP contribution in [0.5, 0.6) is 0 Å². The van der Waals surface area contributed by atoms with E-state index in [4.69, 9.17) is 10.5 Å². The molecule has 0 saturated carbocycles. The largest absolute Gasteiger partial charge is 0.468 e. The second kappa shape index (κ2) is 8.65. The second-order valence-electron chi connectivity index (χ2n) is 5.68. The van der Waals surface area contributed by atoms with Gasteiger partial charge in [-0.25, -0.2) is 15.2 Å². The first-order valence-corrected chi connectivity index (χ1v) is 8.06. The summed E-state index contributed by atoms with van der Waals surface area (Å²) in [5.41, 5.74) is 9.52. The molecule has 2 aromatic rings. The van der Waals surface area contributed by atoms with E-state index in [2.05, 4.69) is 10.5 Å². The summed E-state index contributed by atoms with van der Waals surface area (Å²) in [5.74, 6) is -0.918. The SMILES string of the molecule is COC(=O)CN(C(=O)c1ccccc1)n1c(C)cc(/C=N\NC(N)=O)c1C. The van der Waals surface area contributed by atoms with Crippen molar-refractivity contribution in [1.82, 2.24) is 10.1 Å². The summed E-state index contributed by atoms with van der Waals surface area (Å²) in [6, 6.07) is 9.60. The molecule has 0 spiro atoms. The van der Waals surface area contributed by atoms with Gasteiger partial charge in [-0.15, -0.1) is 0 Å². The predicted molar refractivity (Wildman–Crippen MR) is 100 cm³/mol. The predicted octanol–water partition coefficient (Wildman–Crippen LogP) is 1.06. The Labute approximate surface area is 156 Å². The Morgan fingerprint density at radius 2 is 1.93 bits per heavy atom. The van der Waals surface area contributed by atoms with Crippen LogP contribution in [0.4, 0.5) is 4.79 Å². The molecule has 3 N–H and O–H groups in total. The van der Waals surface area contributed by atoms with Crippen molar-refractivity contribution >= 4 is 24.1 Å². The minimum Gasteiger partial charge on any atom is -0.468 e. The van der Waals surface area contributed by atoms with Crippen molar-refractivity contribution in [2.24, 2.45) is 10.8 Å². The summed E-state index contributed by atoms with van der Waals surface area (Å²) >= 11 is 0. The monoisotopic (exact) mass is 371 g/mol. The molecule has 3 amide bonds. The van der Waals surface area contributed by atoms with Gasteiger partial charge in [-0.3, -0.25) is 14.3 Å². The van der Waals surface area contributed by atoms with Crippen LogP contribution in [0.2, 0.25) is 0 Å². The third kappa shape index (κ3) is 4.72. The van der Waals surface area contributed by atoms with Crippen LogP contribution in [0.3, 0.4) is 0 Å². The van der Waals surface area contributed by atoms with Gasteiger partial charge in [0, 0.05) is 22.5 Å². The van der Waals surface area contributed by atoms with Crippen LogP contribution in [-0.2, 0) is 9.53 Å². The Balaban J connectivity index is 2.45. The average molecular weight is 371 g/mol. The van der Waals surface area contributed by atoms with Crippen LogP contribution >= 0.6 is 0 Å². The number of aromatic nitrogens is 1. The highest BCUT2D eigenvalue weighted by atomic mass is 16.5. The molecule has 0 radical (unpaired) electrons. The summed E-state index contributed by atoms with van der Waals surface area (Å²) in [5, 5.41) is 5.03. The number of nitrogens with one attached hydrogen (secondary N) is 1. The van der Waals surface area contributed by atoms with Crippen molar-refractivity contribution in [1.29, 1.82) is 0 Å². The van der Waals surface area contributed by atoms with Crippen molar-refractivity contribution in [3.63, 3.8) is 0 Å². The molecule has 0 fully saturated rings. The molecule has 1 aromatic heterocycles. The van der Waals surface area contributed by atoms with Gasteiger partial charge < -0.3 is 10.5 Å². The molecule has 0 aliphatic rings. The van der Waals surface area contributed by atoms with Crippen molar-refractivity contribution in [3.05, 3.63) is 58.9 Å². The fraction of sp³-hybridized carbons (Fsp3) is 0.222. The molecule has 1 heterocycles. The lowest BCUT2D eigenvalue weighted by atomic mass is 10.2. The van der Waals surface area contributed by atoms with E-state index in [9.17, 15) is 14.4 Å². The average Bonchev–Trinajstić information content (AvgIpc) is 2.93. The fourth-order valence-electron chi connectivity index (χ4n) is 2.59. The van der Waals surface area contributed by atoms with E-state index in [0.29, 0.717) is 22.5 Å². The van der Waals surface area contributed by atoms with E-state index in [1.54, 1.807) is 54.9 Å². The molecule has 0 aliphatic carbocycles. The number of primary amides is 1. The standard InChI is InChI=1S/C18H21N5O4/c1-12-9-15(10-20-21-18(19)26)13(2)23(12)22(11-16(24)27-3)17(25)14-7-5-4-6-8-14/h4-10H,11H2,1-3H3,(H3,19,21,26)/b20-10-. The number of methoxy groups -OCH3 is 1. The molecule has 0 saturated heterocycles. The van der Waals surface area contributed by atoms with Gasteiger partial charge in [0.1, 0.15) is 6.54 Å². The van der Waals surface area contributed by atoms with Gasteiger partial charge in [0.2, 0.25) is 0 Å². The van der Waals surface area contributed by atoms with Crippen LogP contribution in [0.1, 0.15) is 27.3 Å². The van der Waals surface area contributed by atoms with Gasteiger partial charge in [-0.2, -0.15) is 5.10 Å². The highest BCUT2D eigenvalue weighted by Crippen LogP contribution is 2.16. The number of carbonyl (C=O) groups excluding carboxylic acids is 3. The molecule has 9 nitrogen and oxygen atoms in total. The van der Waals surface area contributed by atoms with E-state index >= 15 is 0 Å². The Morgan fingerprint density at radius 3 is 2.52 bits per heavy atom. The van der Waals surface area contributed by atoms with Crippen LogP contribution in [0, 0.1) is 13.8 Å². The van der Waals surface area contributed by atoms with Gasteiger partial charge >= 0.3 is 12.0 Å². The zero-order valence-corrected chi connectivity index (χ0v) is 15.3. The van der Waals surface area contributed by atoms with Crippen molar-refractivity contribution in [2.75, 3.05) is 18.7 Å². The molecule has 0 bridgehead atoms. The Bertz CT molecular complexity index is 873. The molecule has 0 atom stereocenters. The number of ether oxygens (including phenoxy) is 1. The lowest BCUT2D eigenvalue weighted by Gasteiger charge is -2.26. The third-order valence-corrected chi connectivity index (χ3v) is 3.82. The maximum absolute atomic E-state index is 13.0. The zero-order chi connectivity index (χ0) is 20.0. The summed E-state index contributed by atoms with van der Waals surface area (Å²) in [4.78, 5) is 35.6. The molecule has 142 valence electrons. The maximum atomic E-state index is 13.0. The molecule has 9 heteroatoms. The minimum atomic E-state index is -0.786. The summed E-state index contributed by atoms with van der Waals surface area (Å²) < 4.78 is 6.34. The summed E-state index contributed by atoms with van der Waals surface area (Å²) in [7, 11) is 1.26. The fourth-order valence-corrected chi connectivity index (χ4v) is 2.59. The first-order chi connectivity index (χ1) is 12.8. The van der Waals surface area contributed by atoms with Crippen LogP contribution in [-0.4, -0.2) is 42.5 Å². The first-order valence-electron chi connectivity index (χ1n) is 8.06. The van der Waals surface area contributed by atoms with Crippen LogP contribution in [0.25, 0.3) is 0 Å². The quantitative estimate of drug-likeness (QED) is 0.448. The lowest BCUT2D eigenvalue weighted by molar-refractivity contribution is -0.139. The lowest BCUT2D eigenvalue weighted by Crippen LogP contribution is -2.45. The van der Waals surface area contributed by atoms with E-state index in [-0.39, 0.29) is 12.5 Å². The number of amides is 3. The number of aryl methyl sites for hydroxylation is 1. The van der Waals surface area contributed by atoms with Gasteiger partial charge in [-0.1, -0.05) is 18.2 Å². The highest BCUT2D eigenvalue weighted by Gasteiger charge is 2.24. The van der Waals surface area contributed by atoms with Gasteiger partial charge in [0.05, 0.1) is 13.3 Å². The second-order valence-corrected chi connectivity index (χ2v) is 5.68. The zero-order valence-electron chi connectivity index (χ0n) is 15.3. The number of nitrogens with zero attached hydrogens (tertiary/aromatic N) is 3. The molecule has 2 rings (SSSR count). The number of hydrogen-bond donors (Lipinski definition) is 2. The minimum absolute atomic E-state index is 0.267. The molecule has 0 aliphatic heterocycles. The Hall–Kier alpha value is -3.62. The number of nitrogens with two attached hydrogens (primary N) is 1. The molecular weight excluding hydrogens is 350 g/mol. The number of carbonyl (C=O) groups is 3. The van der Waals surface area contributed by atoms with Crippen LogP contribution < -0.4 is 16.2 Å². The van der Waals surface area contributed by atoms with Gasteiger partial charge in [0.25, 0.3) is 5.91 Å². The van der Waals surface area contributed by atoms with Crippen molar-refractivity contribution < 1.29 is 19.1 Å². The van der Waals surface area contributed by atoms with E-state index in [1.165, 1.54) is 18.3 Å². The third-order valence-electron chi connectivity index (χ3n) is 3.82. The summed E-state index contributed by atoms with van der Waals surface area (Å²) in [6.45, 7) is 3.28.